The quantitative estimate of drug-likeness (QED) is 0.786. The number of benzene rings is 1. The third kappa shape index (κ3) is 5.39. The van der Waals surface area contributed by atoms with E-state index in [1.807, 2.05) is 37.4 Å². The topological polar surface area (TPSA) is 54.4 Å². The molecule has 0 saturated heterocycles. The van der Waals surface area contributed by atoms with Gasteiger partial charge in [0.25, 0.3) is 0 Å². The first-order valence-electron chi connectivity index (χ1n) is 6.73. The van der Waals surface area contributed by atoms with E-state index in [-0.39, 0.29) is 6.61 Å². The zero-order valence-corrected chi connectivity index (χ0v) is 14.5. The summed E-state index contributed by atoms with van der Waals surface area (Å²) in [6, 6.07) is 5.87. The van der Waals surface area contributed by atoms with Gasteiger partial charge in [-0.15, -0.1) is 11.3 Å². The van der Waals surface area contributed by atoms with Crippen molar-refractivity contribution in [3.63, 3.8) is 0 Å². The van der Waals surface area contributed by atoms with E-state index >= 15 is 0 Å². The summed E-state index contributed by atoms with van der Waals surface area (Å²) in [7, 11) is 0. The summed E-state index contributed by atoms with van der Waals surface area (Å²) in [5.41, 5.74) is 2.19. The molecule has 0 aliphatic carbocycles. The average molecular weight is 371 g/mol. The van der Waals surface area contributed by atoms with Gasteiger partial charge < -0.3 is 15.2 Å². The van der Waals surface area contributed by atoms with Gasteiger partial charge in [0, 0.05) is 24.2 Å². The monoisotopic (exact) mass is 370 g/mol. The molecule has 0 fully saturated rings. The normalized spacial score (nSPS) is 12.4. The Morgan fingerprint density at radius 1 is 1.43 bits per heavy atom. The highest BCUT2D eigenvalue weighted by atomic mass is 79.9. The van der Waals surface area contributed by atoms with Crippen molar-refractivity contribution >= 4 is 27.3 Å². The number of nitrogens with one attached hydrogen (secondary N) is 1. The van der Waals surface area contributed by atoms with Gasteiger partial charge in [0.2, 0.25) is 0 Å². The fourth-order valence-corrected chi connectivity index (χ4v) is 3.15. The number of aryl methyl sites for hydroxylation is 2. The molecule has 2 N–H and O–H groups in total. The average Bonchev–Trinajstić information content (AvgIpc) is 2.83. The van der Waals surface area contributed by atoms with E-state index in [0.717, 1.165) is 26.5 Å². The number of rotatable bonds is 7. The molecule has 114 valence electrons. The van der Waals surface area contributed by atoms with E-state index in [4.69, 9.17) is 4.74 Å². The molecule has 1 heterocycles. The highest BCUT2D eigenvalue weighted by Gasteiger charge is 2.08. The van der Waals surface area contributed by atoms with Gasteiger partial charge in [0.15, 0.2) is 0 Å². The van der Waals surface area contributed by atoms with Crippen LogP contribution in [0.4, 0.5) is 0 Å². The summed E-state index contributed by atoms with van der Waals surface area (Å²) < 4.78 is 6.51. The maximum Gasteiger partial charge on any atom is 0.133 e. The van der Waals surface area contributed by atoms with Crippen molar-refractivity contribution in [3.8, 4) is 5.75 Å². The van der Waals surface area contributed by atoms with Crippen LogP contribution < -0.4 is 10.1 Å². The molecule has 0 saturated carbocycles. The molecule has 0 spiro atoms. The van der Waals surface area contributed by atoms with E-state index in [1.54, 1.807) is 11.3 Å². The number of aromatic nitrogens is 1. The molecule has 2 rings (SSSR count). The SMILES string of the molecule is Cc1ccc(OCC(O)CNCc2nc(C)cs2)c(Br)c1. The molecule has 1 atom stereocenters. The lowest BCUT2D eigenvalue weighted by Gasteiger charge is -2.14. The number of nitrogens with zero attached hydrogens (tertiary/aromatic N) is 1. The minimum atomic E-state index is -0.556. The van der Waals surface area contributed by atoms with Crippen molar-refractivity contribution in [1.29, 1.82) is 0 Å². The van der Waals surface area contributed by atoms with Crippen molar-refractivity contribution in [2.75, 3.05) is 13.2 Å². The Kier molecular flexibility index (Phi) is 6.17. The molecule has 0 amide bonds. The van der Waals surface area contributed by atoms with Crippen LogP contribution in [0.3, 0.4) is 0 Å². The number of hydrogen-bond donors (Lipinski definition) is 2. The highest BCUT2D eigenvalue weighted by Crippen LogP contribution is 2.25. The second-order valence-corrected chi connectivity index (χ2v) is 6.71. The lowest BCUT2D eigenvalue weighted by Crippen LogP contribution is -2.31. The summed E-state index contributed by atoms with van der Waals surface area (Å²) in [6.45, 7) is 5.40. The lowest BCUT2D eigenvalue weighted by molar-refractivity contribution is 0.106. The van der Waals surface area contributed by atoms with Gasteiger partial charge >= 0.3 is 0 Å². The van der Waals surface area contributed by atoms with Crippen molar-refractivity contribution in [1.82, 2.24) is 10.3 Å². The molecular formula is C15H19BrN2O2S. The number of aliphatic hydroxyl groups excluding tert-OH is 1. The summed E-state index contributed by atoms with van der Waals surface area (Å²) in [5.74, 6) is 0.746. The predicted octanol–water partition coefficient (Wildman–Crippen LogP) is 3.05. The van der Waals surface area contributed by atoms with Crippen LogP contribution in [0.2, 0.25) is 0 Å². The van der Waals surface area contributed by atoms with Crippen molar-refractivity contribution in [2.45, 2.75) is 26.5 Å². The Balaban J connectivity index is 1.70. The first-order valence-corrected chi connectivity index (χ1v) is 8.40. The number of hydrogen-bond acceptors (Lipinski definition) is 5. The van der Waals surface area contributed by atoms with Crippen molar-refractivity contribution < 1.29 is 9.84 Å². The largest absolute Gasteiger partial charge is 0.490 e. The summed E-state index contributed by atoms with van der Waals surface area (Å²) in [6.07, 6.45) is -0.556. The van der Waals surface area contributed by atoms with Gasteiger partial charge in [-0.2, -0.15) is 0 Å². The third-order valence-corrected chi connectivity index (χ3v) is 4.43. The van der Waals surface area contributed by atoms with Crippen LogP contribution in [0, 0.1) is 13.8 Å². The highest BCUT2D eigenvalue weighted by molar-refractivity contribution is 9.10. The minimum Gasteiger partial charge on any atom is -0.490 e. The Bertz CT molecular complexity index is 589. The van der Waals surface area contributed by atoms with Gasteiger partial charge in [-0.1, -0.05) is 6.07 Å². The zero-order valence-electron chi connectivity index (χ0n) is 12.1. The number of halogens is 1. The number of ether oxygens (including phenoxy) is 1. The molecule has 1 aromatic heterocycles. The Hall–Kier alpha value is -0.950. The van der Waals surface area contributed by atoms with Crippen LogP contribution in [-0.2, 0) is 6.54 Å². The van der Waals surface area contributed by atoms with E-state index in [2.05, 4.69) is 26.2 Å². The van der Waals surface area contributed by atoms with E-state index in [1.165, 1.54) is 0 Å². The van der Waals surface area contributed by atoms with Gasteiger partial charge in [-0.3, -0.25) is 0 Å². The summed E-state index contributed by atoms with van der Waals surface area (Å²) >= 11 is 5.08. The van der Waals surface area contributed by atoms with Crippen LogP contribution in [0.15, 0.2) is 28.1 Å². The zero-order chi connectivity index (χ0) is 15.2. The molecule has 1 unspecified atom stereocenters. The standard InChI is InChI=1S/C15H19BrN2O2S/c1-10-3-4-14(13(16)5-10)20-8-12(19)6-17-7-15-18-11(2)9-21-15/h3-5,9,12,17,19H,6-8H2,1-2H3. The van der Waals surface area contributed by atoms with Crippen LogP contribution in [0.5, 0.6) is 5.75 Å². The first kappa shape index (κ1) is 16.4. The number of aliphatic hydroxyl groups is 1. The van der Waals surface area contributed by atoms with Gasteiger partial charge in [0.1, 0.15) is 23.5 Å². The third-order valence-electron chi connectivity index (χ3n) is 2.84. The second kappa shape index (κ2) is 7.89. The molecule has 4 nitrogen and oxygen atoms in total. The molecule has 2 aromatic rings. The second-order valence-electron chi connectivity index (χ2n) is 4.91. The molecule has 0 aliphatic heterocycles. The first-order chi connectivity index (χ1) is 10.0. The summed E-state index contributed by atoms with van der Waals surface area (Å²) in [4.78, 5) is 4.36. The van der Waals surface area contributed by atoms with E-state index in [0.29, 0.717) is 13.1 Å². The Morgan fingerprint density at radius 3 is 2.90 bits per heavy atom. The molecule has 0 bridgehead atoms. The van der Waals surface area contributed by atoms with Crippen LogP contribution in [-0.4, -0.2) is 29.3 Å². The van der Waals surface area contributed by atoms with E-state index < -0.39 is 6.10 Å². The maximum atomic E-state index is 9.92. The molecule has 1 aromatic carbocycles. The number of thiazole rings is 1. The van der Waals surface area contributed by atoms with Crippen LogP contribution in [0.25, 0.3) is 0 Å². The smallest absolute Gasteiger partial charge is 0.133 e. The van der Waals surface area contributed by atoms with Gasteiger partial charge in [-0.05, 0) is 47.5 Å². The van der Waals surface area contributed by atoms with Crippen LogP contribution in [0.1, 0.15) is 16.3 Å². The fraction of sp³-hybridized carbons (Fsp3) is 0.400. The predicted molar refractivity (Wildman–Crippen MR) is 88.9 cm³/mol. The molecule has 0 aliphatic rings. The van der Waals surface area contributed by atoms with Crippen molar-refractivity contribution in [2.24, 2.45) is 0 Å². The lowest BCUT2D eigenvalue weighted by atomic mass is 10.2. The molecule has 6 heteroatoms. The Labute approximate surface area is 137 Å². The maximum absolute atomic E-state index is 9.92. The van der Waals surface area contributed by atoms with Crippen LogP contribution >= 0.6 is 27.3 Å². The van der Waals surface area contributed by atoms with Gasteiger partial charge in [0.05, 0.1) is 4.47 Å². The molecule has 21 heavy (non-hydrogen) atoms. The fourth-order valence-electron chi connectivity index (χ4n) is 1.80. The Morgan fingerprint density at radius 2 is 2.24 bits per heavy atom. The summed E-state index contributed by atoms with van der Waals surface area (Å²) in [5, 5.41) is 16.1. The molecule has 0 radical (unpaired) electrons. The van der Waals surface area contributed by atoms with E-state index in [9.17, 15) is 5.11 Å². The van der Waals surface area contributed by atoms with Gasteiger partial charge in [-0.25, -0.2) is 4.98 Å². The minimum absolute atomic E-state index is 0.256. The molecular weight excluding hydrogens is 352 g/mol. The van der Waals surface area contributed by atoms with Crippen molar-refractivity contribution in [3.05, 3.63) is 44.3 Å².